The molecule has 0 atom stereocenters. The van der Waals surface area contributed by atoms with Gasteiger partial charge in [0, 0.05) is 19.7 Å². The van der Waals surface area contributed by atoms with E-state index >= 15 is 0 Å². The van der Waals surface area contributed by atoms with Gasteiger partial charge in [0.25, 0.3) is 0 Å². The fourth-order valence-corrected chi connectivity index (χ4v) is 3.39. The Morgan fingerprint density at radius 2 is 2.00 bits per heavy atom. The van der Waals surface area contributed by atoms with E-state index in [9.17, 15) is 13.2 Å². The van der Waals surface area contributed by atoms with E-state index < -0.39 is 22.5 Å². The molecular weight excluding hydrogens is 312 g/mol. The van der Waals surface area contributed by atoms with Crippen LogP contribution in [0, 0.1) is 0 Å². The number of nitrogens with two attached hydrogens (primary N) is 1. The number of fused-ring (bicyclic) bond motifs is 1. The molecular formula is C13H18N2O6S. The van der Waals surface area contributed by atoms with Gasteiger partial charge in [0.05, 0.1) is 18.0 Å². The van der Waals surface area contributed by atoms with Crippen LogP contribution in [0.3, 0.4) is 0 Å². The number of hydrogen-bond acceptors (Lipinski definition) is 6. The van der Waals surface area contributed by atoms with Crippen LogP contribution in [0.25, 0.3) is 0 Å². The molecule has 9 heteroatoms. The van der Waals surface area contributed by atoms with E-state index in [0.29, 0.717) is 24.7 Å². The number of ether oxygens (including phenoxy) is 3. The Hall–Kier alpha value is -1.84. The van der Waals surface area contributed by atoms with E-state index in [0.717, 1.165) is 4.31 Å². The SMILES string of the molecule is COCCN(CC(N)=O)S(=O)(=O)c1ccc2c(c1)OCCO2. The zero-order valence-corrected chi connectivity index (χ0v) is 13.0. The van der Waals surface area contributed by atoms with E-state index in [2.05, 4.69) is 0 Å². The molecule has 0 spiro atoms. The summed E-state index contributed by atoms with van der Waals surface area (Å²) in [6.07, 6.45) is 0. The fourth-order valence-electron chi connectivity index (χ4n) is 1.98. The van der Waals surface area contributed by atoms with Crippen molar-refractivity contribution in [3.63, 3.8) is 0 Å². The Morgan fingerprint density at radius 3 is 2.64 bits per heavy atom. The van der Waals surface area contributed by atoms with Crippen LogP contribution in [-0.4, -0.2) is 58.7 Å². The normalized spacial score (nSPS) is 14.1. The maximum absolute atomic E-state index is 12.6. The summed E-state index contributed by atoms with van der Waals surface area (Å²) < 4.78 is 41.8. The number of nitrogens with zero attached hydrogens (tertiary/aromatic N) is 1. The number of carbonyl (C=O) groups is 1. The minimum atomic E-state index is -3.88. The second-order valence-corrected chi connectivity index (χ2v) is 6.54. The van der Waals surface area contributed by atoms with Crippen LogP contribution >= 0.6 is 0 Å². The van der Waals surface area contributed by atoms with E-state index in [-0.39, 0.29) is 18.0 Å². The zero-order valence-electron chi connectivity index (χ0n) is 12.1. The topological polar surface area (TPSA) is 108 Å². The number of primary amides is 1. The van der Waals surface area contributed by atoms with Crippen LogP contribution in [0.5, 0.6) is 11.5 Å². The Bertz CT molecular complexity index is 646. The molecule has 0 unspecified atom stereocenters. The highest BCUT2D eigenvalue weighted by Crippen LogP contribution is 2.33. The number of sulfonamides is 1. The van der Waals surface area contributed by atoms with E-state index in [1.54, 1.807) is 0 Å². The monoisotopic (exact) mass is 330 g/mol. The summed E-state index contributed by atoms with van der Waals surface area (Å²) in [7, 11) is -2.44. The van der Waals surface area contributed by atoms with Crippen molar-refractivity contribution >= 4 is 15.9 Å². The molecule has 8 nitrogen and oxygen atoms in total. The molecule has 1 heterocycles. The minimum absolute atomic E-state index is 0.00843. The molecule has 22 heavy (non-hydrogen) atoms. The van der Waals surface area contributed by atoms with Gasteiger partial charge in [0.15, 0.2) is 11.5 Å². The van der Waals surface area contributed by atoms with Gasteiger partial charge in [-0.05, 0) is 12.1 Å². The first-order chi connectivity index (χ1) is 10.4. The van der Waals surface area contributed by atoms with Gasteiger partial charge in [-0.3, -0.25) is 4.79 Å². The molecule has 0 bridgehead atoms. The molecule has 0 saturated heterocycles. The number of carbonyl (C=O) groups excluding carboxylic acids is 1. The Labute approximate surface area is 128 Å². The molecule has 2 N–H and O–H groups in total. The number of benzene rings is 1. The second kappa shape index (κ2) is 6.95. The van der Waals surface area contributed by atoms with Crippen LogP contribution < -0.4 is 15.2 Å². The molecule has 2 rings (SSSR count). The molecule has 0 fully saturated rings. The zero-order chi connectivity index (χ0) is 16.2. The first-order valence-corrected chi connectivity index (χ1v) is 8.06. The Morgan fingerprint density at radius 1 is 1.32 bits per heavy atom. The third-order valence-electron chi connectivity index (χ3n) is 3.03. The number of methoxy groups -OCH3 is 1. The van der Waals surface area contributed by atoms with Crippen LogP contribution in [0.1, 0.15) is 0 Å². The third kappa shape index (κ3) is 3.67. The highest BCUT2D eigenvalue weighted by molar-refractivity contribution is 7.89. The number of rotatable bonds is 7. The molecule has 1 aliphatic heterocycles. The van der Waals surface area contributed by atoms with Crippen LogP contribution in [0.2, 0.25) is 0 Å². The summed E-state index contributed by atoms with van der Waals surface area (Å²) in [4.78, 5) is 11.1. The largest absolute Gasteiger partial charge is 0.486 e. The smallest absolute Gasteiger partial charge is 0.243 e. The van der Waals surface area contributed by atoms with Crippen molar-refractivity contribution in [2.45, 2.75) is 4.90 Å². The summed E-state index contributed by atoms with van der Waals surface area (Å²) >= 11 is 0. The lowest BCUT2D eigenvalue weighted by Gasteiger charge is -2.22. The van der Waals surface area contributed by atoms with Gasteiger partial charge in [-0.2, -0.15) is 4.31 Å². The standard InChI is InChI=1S/C13H18N2O6S/c1-19-5-4-15(9-13(14)16)22(17,18)10-2-3-11-12(8-10)21-7-6-20-11/h2-3,8H,4-7,9H2,1H3,(H2,14,16). The molecule has 1 aromatic carbocycles. The summed E-state index contributed by atoms with van der Waals surface area (Å²) in [5, 5.41) is 0. The predicted octanol–water partition coefficient (Wildman–Crippen LogP) is -0.420. The first-order valence-electron chi connectivity index (χ1n) is 6.62. The van der Waals surface area contributed by atoms with Crippen molar-refractivity contribution in [2.24, 2.45) is 5.73 Å². The van der Waals surface area contributed by atoms with Gasteiger partial charge in [0.1, 0.15) is 13.2 Å². The van der Waals surface area contributed by atoms with Gasteiger partial charge in [-0.1, -0.05) is 0 Å². The second-order valence-electron chi connectivity index (χ2n) is 4.60. The van der Waals surface area contributed by atoms with Crippen LogP contribution in [-0.2, 0) is 19.6 Å². The molecule has 0 radical (unpaired) electrons. The van der Waals surface area contributed by atoms with Gasteiger partial charge in [0.2, 0.25) is 15.9 Å². The Kier molecular flexibility index (Phi) is 5.22. The molecule has 0 aliphatic carbocycles. The quantitative estimate of drug-likeness (QED) is 0.727. The van der Waals surface area contributed by atoms with E-state index in [4.69, 9.17) is 19.9 Å². The third-order valence-corrected chi connectivity index (χ3v) is 4.87. The highest BCUT2D eigenvalue weighted by atomic mass is 32.2. The lowest BCUT2D eigenvalue weighted by Crippen LogP contribution is -2.40. The lowest BCUT2D eigenvalue weighted by atomic mass is 10.3. The summed E-state index contributed by atoms with van der Waals surface area (Å²) in [5.41, 5.74) is 5.12. The maximum atomic E-state index is 12.6. The Balaban J connectivity index is 2.31. The van der Waals surface area contributed by atoms with E-state index in [1.165, 1.54) is 25.3 Å². The van der Waals surface area contributed by atoms with Crippen molar-refractivity contribution < 1.29 is 27.4 Å². The van der Waals surface area contributed by atoms with Crippen molar-refractivity contribution in [2.75, 3.05) is 40.0 Å². The van der Waals surface area contributed by atoms with Gasteiger partial charge in [-0.25, -0.2) is 8.42 Å². The van der Waals surface area contributed by atoms with Gasteiger partial charge >= 0.3 is 0 Å². The average molecular weight is 330 g/mol. The maximum Gasteiger partial charge on any atom is 0.243 e. The van der Waals surface area contributed by atoms with Crippen molar-refractivity contribution in [3.8, 4) is 11.5 Å². The van der Waals surface area contributed by atoms with Crippen LogP contribution in [0.15, 0.2) is 23.1 Å². The van der Waals surface area contributed by atoms with Crippen LogP contribution in [0.4, 0.5) is 0 Å². The molecule has 0 saturated carbocycles. The molecule has 1 amide bonds. The minimum Gasteiger partial charge on any atom is -0.486 e. The summed E-state index contributed by atoms with van der Waals surface area (Å²) in [6, 6.07) is 4.31. The lowest BCUT2D eigenvalue weighted by molar-refractivity contribution is -0.118. The number of amides is 1. The molecule has 1 aromatic rings. The average Bonchev–Trinajstić information content (AvgIpc) is 2.50. The first kappa shape index (κ1) is 16.5. The van der Waals surface area contributed by atoms with Crippen molar-refractivity contribution in [1.82, 2.24) is 4.31 Å². The van der Waals surface area contributed by atoms with Crippen molar-refractivity contribution in [3.05, 3.63) is 18.2 Å². The number of hydrogen-bond donors (Lipinski definition) is 1. The summed E-state index contributed by atoms with van der Waals surface area (Å²) in [5.74, 6) is 0.110. The predicted molar refractivity (Wildman–Crippen MR) is 77.3 cm³/mol. The molecule has 0 aromatic heterocycles. The molecule has 122 valence electrons. The van der Waals surface area contributed by atoms with E-state index in [1.807, 2.05) is 0 Å². The van der Waals surface area contributed by atoms with Gasteiger partial charge < -0.3 is 19.9 Å². The van der Waals surface area contributed by atoms with Gasteiger partial charge in [-0.15, -0.1) is 0 Å². The van der Waals surface area contributed by atoms with Crippen molar-refractivity contribution in [1.29, 1.82) is 0 Å². The fraction of sp³-hybridized carbons (Fsp3) is 0.462. The molecule has 1 aliphatic rings. The summed E-state index contributed by atoms with van der Waals surface area (Å²) in [6.45, 7) is 0.527. The highest BCUT2D eigenvalue weighted by Gasteiger charge is 2.27.